The molecule has 0 unspecified atom stereocenters. The minimum Gasteiger partial charge on any atom is -0.315 e. The molecule has 0 amide bonds. The van der Waals surface area contributed by atoms with Crippen LogP contribution in [0, 0.1) is 5.41 Å². The molecule has 1 heterocycles. The van der Waals surface area contributed by atoms with Crippen LogP contribution in [0.25, 0.3) is 0 Å². The Morgan fingerprint density at radius 2 is 1.80 bits per heavy atom. The molecule has 2 nitrogen and oxygen atoms in total. The minimum absolute atomic E-state index is 0.467. The van der Waals surface area contributed by atoms with Gasteiger partial charge in [-0.15, -0.1) is 0 Å². The van der Waals surface area contributed by atoms with E-state index in [1.54, 1.807) is 0 Å². The van der Waals surface area contributed by atoms with Crippen molar-refractivity contribution in [2.75, 3.05) is 44.2 Å². The summed E-state index contributed by atoms with van der Waals surface area (Å²) < 4.78 is 0. The zero-order valence-electron chi connectivity index (χ0n) is 10.5. The van der Waals surface area contributed by atoms with Gasteiger partial charge in [0.15, 0.2) is 0 Å². The molecule has 0 aliphatic carbocycles. The molecule has 1 fully saturated rings. The third-order valence-corrected chi connectivity index (χ3v) is 3.70. The number of nitrogens with zero attached hydrogens (tertiary/aromatic N) is 1. The van der Waals surface area contributed by atoms with Crippen LogP contribution in [0.15, 0.2) is 0 Å². The van der Waals surface area contributed by atoms with Gasteiger partial charge in [0.2, 0.25) is 0 Å². The van der Waals surface area contributed by atoms with Crippen LogP contribution >= 0.6 is 11.8 Å². The fourth-order valence-electron chi connectivity index (χ4n) is 1.65. The number of nitrogens with one attached hydrogen (secondary N) is 1. The van der Waals surface area contributed by atoms with Gasteiger partial charge < -0.3 is 10.2 Å². The Morgan fingerprint density at radius 1 is 1.13 bits per heavy atom. The molecule has 1 N–H and O–H groups in total. The summed E-state index contributed by atoms with van der Waals surface area (Å²) in [6.45, 7) is 13.0. The van der Waals surface area contributed by atoms with Crippen LogP contribution < -0.4 is 5.32 Å². The fraction of sp³-hybridized carbons (Fsp3) is 1.00. The van der Waals surface area contributed by atoms with Gasteiger partial charge in [0.1, 0.15) is 0 Å². The molecule has 1 aliphatic heterocycles. The van der Waals surface area contributed by atoms with Gasteiger partial charge in [-0.25, -0.2) is 0 Å². The fourth-order valence-corrected chi connectivity index (χ4v) is 2.63. The summed E-state index contributed by atoms with van der Waals surface area (Å²) >= 11 is 2.08. The van der Waals surface area contributed by atoms with E-state index in [-0.39, 0.29) is 0 Å². The number of thioether (sulfide) groups is 1. The third-order valence-electron chi connectivity index (χ3n) is 2.76. The molecule has 1 saturated heterocycles. The van der Waals surface area contributed by atoms with Crippen LogP contribution in [0.1, 0.15) is 27.2 Å². The summed E-state index contributed by atoms with van der Waals surface area (Å²) in [6, 6.07) is 0. The van der Waals surface area contributed by atoms with Crippen molar-refractivity contribution < 1.29 is 0 Å². The summed E-state index contributed by atoms with van der Waals surface area (Å²) in [7, 11) is 0. The van der Waals surface area contributed by atoms with Crippen molar-refractivity contribution in [1.82, 2.24) is 10.2 Å². The molecular weight excluding hydrogens is 204 g/mol. The van der Waals surface area contributed by atoms with E-state index in [1.165, 1.54) is 37.6 Å². The van der Waals surface area contributed by atoms with Gasteiger partial charge in [0.25, 0.3) is 0 Å². The molecule has 90 valence electrons. The highest BCUT2D eigenvalue weighted by Crippen LogP contribution is 2.16. The second-order valence-electron chi connectivity index (χ2n) is 5.51. The zero-order chi connectivity index (χ0) is 11.1. The standard InChI is InChI=1S/C12H26N2S/c1-12(2,3)4-5-13-6-7-14-8-10-15-11-9-14/h13H,4-11H2,1-3H3. The van der Waals surface area contributed by atoms with Gasteiger partial charge in [-0.3, -0.25) is 0 Å². The van der Waals surface area contributed by atoms with Gasteiger partial charge >= 0.3 is 0 Å². The molecule has 3 heteroatoms. The Morgan fingerprint density at radius 3 is 2.40 bits per heavy atom. The summed E-state index contributed by atoms with van der Waals surface area (Å²) in [6.07, 6.45) is 1.27. The highest BCUT2D eigenvalue weighted by molar-refractivity contribution is 7.99. The summed E-state index contributed by atoms with van der Waals surface area (Å²) in [5.41, 5.74) is 0.467. The normalized spacial score (nSPS) is 19.4. The SMILES string of the molecule is CC(C)(C)CCNCCN1CCSCC1. The molecule has 0 radical (unpaired) electrons. The van der Waals surface area contributed by atoms with E-state index >= 15 is 0 Å². The Balaban J connectivity index is 1.92. The molecule has 0 spiro atoms. The topological polar surface area (TPSA) is 15.3 Å². The minimum atomic E-state index is 0.467. The first kappa shape index (κ1) is 13.3. The molecular formula is C12H26N2S. The van der Waals surface area contributed by atoms with E-state index in [1.807, 2.05) is 0 Å². The average Bonchev–Trinajstić information content (AvgIpc) is 2.17. The van der Waals surface area contributed by atoms with E-state index in [0.717, 1.165) is 13.1 Å². The molecule has 1 rings (SSSR count). The first-order chi connectivity index (χ1) is 7.08. The van der Waals surface area contributed by atoms with Crippen molar-refractivity contribution >= 4 is 11.8 Å². The number of rotatable bonds is 5. The Hall–Kier alpha value is 0.270. The smallest absolute Gasteiger partial charge is 0.0107 e. The monoisotopic (exact) mass is 230 g/mol. The lowest BCUT2D eigenvalue weighted by Crippen LogP contribution is -2.38. The van der Waals surface area contributed by atoms with Crippen molar-refractivity contribution in [3.05, 3.63) is 0 Å². The quantitative estimate of drug-likeness (QED) is 0.728. The maximum atomic E-state index is 3.54. The van der Waals surface area contributed by atoms with E-state index in [0.29, 0.717) is 5.41 Å². The van der Waals surface area contributed by atoms with Gasteiger partial charge in [-0.05, 0) is 18.4 Å². The Kier molecular flexibility index (Phi) is 6.02. The van der Waals surface area contributed by atoms with Crippen molar-refractivity contribution in [3.63, 3.8) is 0 Å². The molecule has 0 aromatic carbocycles. The Labute approximate surface area is 99.2 Å². The predicted octanol–water partition coefficient (Wildman–Crippen LogP) is 2.06. The second kappa shape index (κ2) is 6.77. The predicted molar refractivity (Wildman–Crippen MR) is 70.7 cm³/mol. The van der Waals surface area contributed by atoms with E-state index in [2.05, 4.69) is 42.7 Å². The number of hydrogen-bond donors (Lipinski definition) is 1. The molecule has 0 bridgehead atoms. The zero-order valence-corrected chi connectivity index (χ0v) is 11.3. The number of hydrogen-bond acceptors (Lipinski definition) is 3. The molecule has 15 heavy (non-hydrogen) atoms. The molecule has 0 atom stereocenters. The van der Waals surface area contributed by atoms with Crippen LogP contribution in [-0.2, 0) is 0 Å². The van der Waals surface area contributed by atoms with Crippen molar-refractivity contribution in [2.24, 2.45) is 5.41 Å². The first-order valence-corrected chi connectivity index (χ1v) is 7.24. The van der Waals surface area contributed by atoms with Crippen molar-refractivity contribution in [2.45, 2.75) is 27.2 Å². The van der Waals surface area contributed by atoms with Gasteiger partial charge in [0.05, 0.1) is 0 Å². The van der Waals surface area contributed by atoms with E-state index in [4.69, 9.17) is 0 Å². The molecule has 0 aromatic rings. The Bertz CT molecular complexity index is 159. The third kappa shape index (κ3) is 7.20. The maximum absolute atomic E-state index is 3.54. The van der Waals surface area contributed by atoms with Crippen LogP contribution in [-0.4, -0.2) is 49.1 Å². The first-order valence-electron chi connectivity index (χ1n) is 6.09. The lowest BCUT2D eigenvalue weighted by atomic mass is 9.92. The summed E-state index contributed by atoms with van der Waals surface area (Å²) in [5.74, 6) is 2.64. The highest BCUT2D eigenvalue weighted by atomic mass is 32.2. The lowest BCUT2D eigenvalue weighted by Gasteiger charge is -2.26. The molecule has 1 aliphatic rings. The summed E-state index contributed by atoms with van der Waals surface area (Å²) in [5, 5.41) is 3.54. The van der Waals surface area contributed by atoms with Gasteiger partial charge in [0, 0.05) is 37.7 Å². The lowest BCUT2D eigenvalue weighted by molar-refractivity contribution is 0.295. The second-order valence-corrected chi connectivity index (χ2v) is 6.74. The van der Waals surface area contributed by atoms with E-state index < -0.39 is 0 Å². The summed E-state index contributed by atoms with van der Waals surface area (Å²) in [4.78, 5) is 2.57. The average molecular weight is 230 g/mol. The van der Waals surface area contributed by atoms with Crippen LogP contribution in [0.4, 0.5) is 0 Å². The van der Waals surface area contributed by atoms with Crippen molar-refractivity contribution in [3.8, 4) is 0 Å². The molecule has 0 aromatic heterocycles. The van der Waals surface area contributed by atoms with Crippen LogP contribution in [0.5, 0.6) is 0 Å². The van der Waals surface area contributed by atoms with Gasteiger partial charge in [-0.1, -0.05) is 20.8 Å². The largest absolute Gasteiger partial charge is 0.315 e. The van der Waals surface area contributed by atoms with Gasteiger partial charge in [-0.2, -0.15) is 11.8 Å². The maximum Gasteiger partial charge on any atom is 0.0107 e. The highest BCUT2D eigenvalue weighted by Gasteiger charge is 2.10. The van der Waals surface area contributed by atoms with Crippen molar-refractivity contribution in [1.29, 1.82) is 0 Å². The van der Waals surface area contributed by atoms with E-state index in [9.17, 15) is 0 Å². The molecule has 0 saturated carbocycles. The van der Waals surface area contributed by atoms with Crippen LogP contribution in [0.2, 0.25) is 0 Å². The van der Waals surface area contributed by atoms with Crippen LogP contribution in [0.3, 0.4) is 0 Å².